The lowest BCUT2D eigenvalue weighted by atomic mass is 10.1. The summed E-state index contributed by atoms with van der Waals surface area (Å²) in [7, 11) is 0. The van der Waals surface area contributed by atoms with Crippen molar-refractivity contribution in [2.75, 3.05) is 6.61 Å². The molecule has 0 saturated heterocycles. The van der Waals surface area contributed by atoms with E-state index in [1.54, 1.807) is 0 Å². The number of rotatable bonds is 5. The van der Waals surface area contributed by atoms with E-state index in [9.17, 15) is 18.0 Å². The number of carbonyl (C=O) groups excluding carboxylic acids is 1. The first-order valence-electron chi connectivity index (χ1n) is 7.80. The van der Waals surface area contributed by atoms with Crippen LogP contribution in [0.15, 0.2) is 42.5 Å². The molecule has 1 amide bonds. The molecule has 8 heteroatoms. The van der Waals surface area contributed by atoms with Crippen LogP contribution in [-0.4, -0.2) is 12.5 Å². The van der Waals surface area contributed by atoms with E-state index in [-0.39, 0.29) is 30.7 Å². The molecule has 0 aromatic heterocycles. The minimum atomic E-state index is -4.39. The Morgan fingerprint density at radius 1 is 1.08 bits per heavy atom. The van der Waals surface area contributed by atoms with Gasteiger partial charge in [0.25, 0.3) is 5.91 Å². The van der Waals surface area contributed by atoms with Crippen LogP contribution in [0.1, 0.15) is 22.3 Å². The van der Waals surface area contributed by atoms with E-state index in [4.69, 9.17) is 4.74 Å². The Morgan fingerprint density at radius 3 is 2.46 bits per heavy atom. The molecule has 0 unspecified atom stereocenters. The van der Waals surface area contributed by atoms with Crippen LogP contribution >= 0.6 is 12.4 Å². The van der Waals surface area contributed by atoms with Crippen molar-refractivity contribution in [3.05, 3.63) is 64.7 Å². The van der Waals surface area contributed by atoms with Crippen LogP contribution < -0.4 is 15.4 Å². The van der Waals surface area contributed by atoms with Crippen molar-refractivity contribution in [1.29, 1.82) is 0 Å². The van der Waals surface area contributed by atoms with Gasteiger partial charge in [0, 0.05) is 19.6 Å². The van der Waals surface area contributed by atoms with Crippen LogP contribution in [-0.2, 0) is 30.6 Å². The second-order valence-corrected chi connectivity index (χ2v) is 5.79. The lowest BCUT2D eigenvalue weighted by molar-refractivity contribution is -0.137. The van der Waals surface area contributed by atoms with Crippen LogP contribution in [0.3, 0.4) is 0 Å². The standard InChI is InChI=1S/C18H17F3N2O2.ClH/c19-18(20,21)15-3-5-16(6-4-15)25-11-17(24)23-8-12-1-2-13-9-22-10-14(13)7-12;/h1-7,22H,8-11H2,(H,23,24);1H. The number of nitrogens with one attached hydrogen (secondary N) is 2. The predicted octanol–water partition coefficient (Wildman–Crippen LogP) is 3.43. The molecule has 2 aromatic carbocycles. The van der Waals surface area contributed by atoms with Gasteiger partial charge in [0.2, 0.25) is 0 Å². The van der Waals surface area contributed by atoms with Crippen LogP contribution in [0.4, 0.5) is 13.2 Å². The topological polar surface area (TPSA) is 50.4 Å². The fourth-order valence-electron chi connectivity index (χ4n) is 2.60. The molecule has 4 nitrogen and oxygen atoms in total. The molecule has 1 aliphatic heterocycles. The third-order valence-corrected chi connectivity index (χ3v) is 3.94. The van der Waals surface area contributed by atoms with Crippen molar-refractivity contribution >= 4 is 18.3 Å². The largest absolute Gasteiger partial charge is 0.484 e. The Hall–Kier alpha value is -2.25. The van der Waals surface area contributed by atoms with Crippen LogP contribution in [0.5, 0.6) is 5.75 Å². The van der Waals surface area contributed by atoms with Gasteiger partial charge in [-0.05, 0) is 41.0 Å². The van der Waals surface area contributed by atoms with Gasteiger partial charge in [-0.15, -0.1) is 12.4 Å². The average Bonchev–Trinajstić information content (AvgIpc) is 3.05. The highest BCUT2D eigenvalue weighted by Crippen LogP contribution is 2.30. The highest BCUT2D eigenvalue weighted by Gasteiger charge is 2.30. The van der Waals surface area contributed by atoms with Gasteiger partial charge in [0.05, 0.1) is 5.56 Å². The van der Waals surface area contributed by atoms with E-state index < -0.39 is 11.7 Å². The number of hydrogen-bond donors (Lipinski definition) is 2. The van der Waals surface area contributed by atoms with E-state index in [1.165, 1.54) is 23.3 Å². The number of amides is 1. The van der Waals surface area contributed by atoms with Crippen LogP contribution in [0.25, 0.3) is 0 Å². The molecule has 0 fully saturated rings. The zero-order chi connectivity index (χ0) is 17.9. The quantitative estimate of drug-likeness (QED) is 0.827. The van der Waals surface area contributed by atoms with Gasteiger partial charge >= 0.3 is 6.18 Å². The molecular formula is C18H18ClF3N2O2. The van der Waals surface area contributed by atoms with E-state index in [0.717, 1.165) is 30.8 Å². The number of ether oxygens (including phenoxy) is 1. The first kappa shape index (κ1) is 20.1. The molecule has 0 aliphatic carbocycles. The average molecular weight is 387 g/mol. The maximum absolute atomic E-state index is 12.5. The Morgan fingerprint density at radius 2 is 1.77 bits per heavy atom. The highest BCUT2D eigenvalue weighted by atomic mass is 35.5. The molecule has 140 valence electrons. The van der Waals surface area contributed by atoms with Crippen LogP contribution in [0, 0.1) is 0 Å². The summed E-state index contributed by atoms with van der Waals surface area (Å²) in [6, 6.07) is 10.3. The second-order valence-electron chi connectivity index (χ2n) is 5.79. The second kappa shape index (κ2) is 8.42. The van der Waals surface area contributed by atoms with Crippen molar-refractivity contribution in [2.24, 2.45) is 0 Å². The molecular weight excluding hydrogens is 369 g/mol. The van der Waals surface area contributed by atoms with Crippen LogP contribution in [0.2, 0.25) is 0 Å². The fraction of sp³-hybridized carbons (Fsp3) is 0.278. The van der Waals surface area contributed by atoms with E-state index in [2.05, 4.69) is 10.6 Å². The Bertz CT molecular complexity index is 764. The number of fused-ring (bicyclic) bond motifs is 1. The first-order chi connectivity index (χ1) is 11.9. The van der Waals surface area contributed by atoms with Gasteiger partial charge in [-0.25, -0.2) is 0 Å². The predicted molar refractivity (Wildman–Crippen MR) is 93.0 cm³/mol. The molecule has 0 spiro atoms. The number of alkyl halides is 3. The Kier molecular flexibility index (Phi) is 6.50. The molecule has 0 atom stereocenters. The maximum Gasteiger partial charge on any atom is 0.416 e. The Labute approximate surface area is 155 Å². The number of hydrogen-bond acceptors (Lipinski definition) is 3. The SMILES string of the molecule is Cl.O=C(COc1ccc(C(F)(F)F)cc1)NCc1ccc2c(c1)CNC2. The third-order valence-electron chi connectivity index (χ3n) is 3.94. The van der Waals surface area contributed by atoms with Gasteiger partial charge in [-0.3, -0.25) is 4.79 Å². The maximum atomic E-state index is 12.5. The van der Waals surface area contributed by atoms with Crippen molar-refractivity contribution in [3.63, 3.8) is 0 Å². The van der Waals surface area contributed by atoms with Crippen molar-refractivity contribution < 1.29 is 22.7 Å². The fourth-order valence-corrected chi connectivity index (χ4v) is 2.60. The number of halogens is 4. The van der Waals surface area contributed by atoms with Gasteiger partial charge in [-0.2, -0.15) is 13.2 Å². The minimum absolute atomic E-state index is 0. The molecule has 2 N–H and O–H groups in total. The zero-order valence-electron chi connectivity index (χ0n) is 13.7. The zero-order valence-corrected chi connectivity index (χ0v) is 14.5. The van der Waals surface area contributed by atoms with E-state index in [1.807, 2.05) is 18.2 Å². The Balaban J connectivity index is 0.00000243. The summed E-state index contributed by atoms with van der Waals surface area (Å²) in [5.74, 6) is -0.120. The molecule has 26 heavy (non-hydrogen) atoms. The molecule has 0 radical (unpaired) electrons. The molecule has 1 heterocycles. The van der Waals surface area contributed by atoms with Gasteiger partial charge in [0.15, 0.2) is 6.61 Å². The van der Waals surface area contributed by atoms with Gasteiger partial charge in [0.1, 0.15) is 5.75 Å². The number of benzene rings is 2. The summed E-state index contributed by atoms with van der Waals surface area (Å²) in [6.45, 7) is 1.82. The summed E-state index contributed by atoms with van der Waals surface area (Å²) >= 11 is 0. The van der Waals surface area contributed by atoms with Gasteiger partial charge < -0.3 is 15.4 Å². The molecule has 2 aromatic rings. The normalized spacial score (nSPS) is 12.9. The van der Waals surface area contributed by atoms with E-state index in [0.29, 0.717) is 6.54 Å². The molecule has 0 saturated carbocycles. The molecule has 3 rings (SSSR count). The summed E-state index contributed by atoms with van der Waals surface area (Å²) in [4.78, 5) is 11.8. The van der Waals surface area contributed by atoms with Crippen molar-refractivity contribution in [2.45, 2.75) is 25.8 Å². The van der Waals surface area contributed by atoms with Crippen molar-refractivity contribution in [3.8, 4) is 5.75 Å². The molecule has 0 bridgehead atoms. The lowest BCUT2D eigenvalue weighted by Crippen LogP contribution is -2.28. The highest BCUT2D eigenvalue weighted by molar-refractivity contribution is 5.85. The number of carbonyl (C=O) groups is 1. The minimum Gasteiger partial charge on any atom is -0.484 e. The lowest BCUT2D eigenvalue weighted by Gasteiger charge is -2.10. The summed E-state index contributed by atoms with van der Waals surface area (Å²) in [5.41, 5.74) is 2.73. The summed E-state index contributed by atoms with van der Waals surface area (Å²) in [6.07, 6.45) is -4.39. The van der Waals surface area contributed by atoms with Gasteiger partial charge in [-0.1, -0.05) is 18.2 Å². The van der Waals surface area contributed by atoms with Crippen molar-refractivity contribution in [1.82, 2.24) is 10.6 Å². The molecule has 1 aliphatic rings. The third kappa shape index (κ3) is 5.12. The first-order valence-corrected chi connectivity index (χ1v) is 7.80. The monoisotopic (exact) mass is 386 g/mol. The summed E-state index contributed by atoms with van der Waals surface area (Å²) < 4.78 is 42.6. The van der Waals surface area contributed by atoms with E-state index >= 15 is 0 Å². The summed E-state index contributed by atoms with van der Waals surface area (Å²) in [5, 5.41) is 5.99. The smallest absolute Gasteiger partial charge is 0.416 e.